The van der Waals surface area contributed by atoms with Gasteiger partial charge in [0, 0.05) is 12.1 Å². The largest absolute Gasteiger partial charge is 0.496 e. The molecule has 0 heterocycles. The highest BCUT2D eigenvalue weighted by Gasteiger charge is 2.20. The van der Waals surface area contributed by atoms with Gasteiger partial charge in [0.25, 0.3) is 5.69 Å². The van der Waals surface area contributed by atoms with Gasteiger partial charge >= 0.3 is 5.97 Å². The van der Waals surface area contributed by atoms with E-state index >= 15 is 0 Å². The van der Waals surface area contributed by atoms with Crippen LogP contribution in [0.4, 0.5) is 5.69 Å². The number of nitro benzene ring substituents is 1. The summed E-state index contributed by atoms with van der Waals surface area (Å²) in [5, 5.41) is 11.1. The van der Waals surface area contributed by atoms with Crippen LogP contribution in [0.15, 0.2) is 36.4 Å². The molecular formula is C14H9Cl2NO5. The predicted octanol–water partition coefficient (Wildman–Crippen LogP) is 4.13. The van der Waals surface area contributed by atoms with Gasteiger partial charge in [-0.25, -0.2) is 4.79 Å². The Balaban J connectivity index is 2.38. The quantitative estimate of drug-likeness (QED) is 0.361. The number of nitro groups is 1. The van der Waals surface area contributed by atoms with Gasteiger partial charge in [0.05, 0.1) is 17.1 Å². The van der Waals surface area contributed by atoms with Crippen molar-refractivity contribution in [2.45, 2.75) is 0 Å². The fourth-order valence-electron chi connectivity index (χ4n) is 1.69. The van der Waals surface area contributed by atoms with Crippen molar-refractivity contribution >= 4 is 34.9 Å². The minimum atomic E-state index is -0.843. The van der Waals surface area contributed by atoms with Gasteiger partial charge in [-0.3, -0.25) is 10.1 Å². The molecule has 0 aromatic heterocycles. The Kier molecular flexibility index (Phi) is 4.85. The van der Waals surface area contributed by atoms with Crippen LogP contribution in [0.1, 0.15) is 10.4 Å². The Bertz CT molecular complexity index is 748. The number of carbonyl (C=O) groups excluding carboxylic acids is 1. The number of hydrogen-bond acceptors (Lipinski definition) is 5. The third kappa shape index (κ3) is 3.29. The molecule has 114 valence electrons. The highest BCUT2D eigenvalue weighted by atomic mass is 35.5. The normalized spacial score (nSPS) is 10.1. The average molecular weight is 342 g/mol. The molecule has 0 atom stereocenters. The van der Waals surface area contributed by atoms with Gasteiger partial charge in [-0.05, 0) is 18.2 Å². The van der Waals surface area contributed by atoms with Gasteiger partial charge in [0.2, 0.25) is 0 Å². The summed E-state index contributed by atoms with van der Waals surface area (Å²) in [6.07, 6.45) is 0. The maximum Gasteiger partial charge on any atom is 0.347 e. The second-order valence-corrected chi connectivity index (χ2v) is 4.87. The first-order valence-electron chi connectivity index (χ1n) is 5.92. The number of methoxy groups -OCH3 is 1. The molecular weight excluding hydrogens is 333 g/mol. The highest BCUT2D eigenvalue weighted by molar-refractivity contribution is 6.43. The van der Waals surface area contributed by atoms with E-state index in [4.69, 9.17) is 32.7 Å². The standard InChI is InChI=1S/C14H9Cl2NO5/c1-21-11-6-5-8(17(19)20)7-9(11)14(18)22-12-4-2-3-10(15)13(12)16/h2-7H,1H3. The molecule has 0 aliphatic rings. The number of rotatable bonds is 4. The molecule has 2 rings (SSSR count). The zero-order valence-corrected chi connectivity index (χ0v) is 12.7. The van der Waals surface area contributed by atoms with Crippen molar-refractivity contribution in [3.63, 3.8) is 0 Å². The Morgan fingerprint density at radius 1 is 1.18 bits per heavy atom. The lowest BCUT2D eigenvalue weighted by Gasteiger charge is -2.09. The molecule has 0 amide bonds. The first-order chi connectivity index (χ1) is 10.4. The van der Waals surface area contributed by atoms with Crippen LogP contribution in [0.2, 0.25) is 10.0 Å². The second kappa shape index (κ2) is 6.64. The molecule has 0 aliphatic heterocycles. The van der Waals surface area contributed by atoms with Crippen molar-refractivity contribution in [3.05, 3.63) is 62.1 Å². The van der Waals surface area contributed by atoms with Gasteiger partial charge in [-0.2, -0.15) is 0 Å². The summed E-state index contributed by atoms with van der Waals surface area (Å²) in [6.45, 7) is 0. The number of benzene rings is 2. The first kappa shape index (κ1) is 16.1. The maximum atomic E-state index is 12.2. The summed E-state index contributed by atoms with van der Waals surface area (Å²) < 4.78 is 10.1. The van der Waals surface area contributed by atoms with Crippen LogP contribution in [-0.4, -0.2) is 18.0 Å². The highest BCUT2D eigenvalue weighted by Crippen LogP contribution is 2.33. The van der Waals surface area contributed by atoms with Crippen molar-refractivity contribution in [2.24, 2.45) is 0 Å². The summed E-state index contributed by atoms with van der Waals surface area (Å²) in [7, 11) is 1.34. The second-order valence-electron chi connectivity index (χ2n) is 4.08. The summed E-state index contributed by atoms with van der Waals surface area (Å²) in [4.78, 5) is 22.4. The maximum absolute atomic E-state index is 12.2. The molecule has 0 bridgehead atoms. The Morgan fingerprint density at radius 2 is 1.91 bits per heavy atom. The third-order valence-corrected chi connectivity index (χ3v) is 3.53. The summed E-state index contributed by atoms with van der Waals surface area (Å²) >= 11 is 11.8. The Morgan fingerprint density at radius 3 is 2.55 bits per heavy atom. The van der Waals surface area contributed by atoms with Crippen molar-refractivity contribution in [1.82, 2.24) is 0 Å². The van der Waals surface area contributed by atoms with E-state index < -0.39 is 10.9 Å². The molecule has 0 saturated carbocycles. The molecule has 0 unspecified atom stereocenters. The topological polar surface area (TPSA) is 78.7 Å². The van der Waals surface area contributed by atoms with Gasteiger partial charge in [0.1, 0.15) is 16.3 Å². The lowest BCUT2D eigenvalue weighted by atomic mass is 10.2. The lowest BCUT2D eigenvalue weighted by molar-refractivity contribution is -0.384. The van der Waals surface area contributed by atoms with E-state index in [1.807, 2.05) is 0 Å². The number of non-ortho nitro benzene ring substituents is 1. The third-order valence-electron chi connectivity index (χ3n) is 2.73. The minimum absolute atomic E-state index is 0.0488. The SMILES string of the molecule is COc1ccc([N+](=O)[O-])cc1C(=O)Oc1cccc(Cl)c1Cl. The van der Waals surface area contributed by atoms with Crippen LogP contribution in [0.25, 0.3) is 0 Å². The zero-order chi connectivity index (χ0) is 16.3. The van der Waals surface area contributed by atoms with Crippen LogP contribution in [0.5, 0.6) is 11.5 Å². The molecule has 22 heavy (non-hydrogen) atoms. The fraction of sp³-hybridized carbons (Fsp3) is 0.0714. The predicted molar refractivity (Wildman–Crippen MR) is 81.1 cm³/mol. The van der Waals surface area contributed by atoms with E-state index in [0.29, 0.717) is 0 Å². The van der Waals surface area contributed by atoms with Crippen molar-refractivity contribution < 1.29 is 19.2 Å². The Hall–Kier alpha value is -2.31. The van der Waals surface area contributed by atoms with E-state index in [1.165, 1.54) is 31.4 Å². The molecule has 8 heteroatoms. The van der Waals surface area contributed by atoms with Crippen LogP contribution in [0, 0.1) is 10.1 Å². The smallest absolute Gasteiger partial charge is 0.347 e. The van der Waals surface area contributed by atoms with E-state index in [0.717, 1.165) is 6.07 Å². The van der Waals surface area contributed by atoms with Crippen LogP contribution < -0.4 is 9.47 Å². The number of hydrogen-bond donors (Lipinski definition) is 0. The molecule has 0 radical (unpaired) electrons. The average Bonchev–Trinajstić information content (AvgIpc) is 2.51. The summed E-state index contributed by atoms with van der Waals surface area (Å²) in [5.41, 5.74) is -0.349. The van der Waals surface area contributed by atoms with Crippen molar-refractivity contribution in [3.8, 4) is 11.5 Å². The van der Waals surface area contributed by atoms with E-state index in [9.17, 15) is 14.9 Å². The molecule has 2 aromatic carbocycles. The number of carbonyl (C=O) groups is 1. The first-order valence-corrected chi connectivity index (χ1v) is 6.68. The number of halogens is 2. The monoisotopic (exact) mass is 341 g/mol. The minimum Gasteiger partial charge on any atom is -0.496 e. The molecule has 0 aliphatic carbocycles. The van der Waals surface area contributed by atoms with Crippen molar-refractivity contribution in [1.29, 1.82) is 0 Å². The Labute approximate surface area is 135 Å². The van der Waals surface area contributed by atoms with E-state index in [1.54, 1.807) is 6.07 Å². The van der Waals surface area contributed by atoms with Crippen LogP contribution in [0.3, 0.4) is 0 Å². The fourth-order valence-corrected chi connectivity index (χ4v) is 2.02. The van der Waals surface area contributed by atoms with Gasteiger partial charge in [-0.1, -0.05) is 29.3 Å². The van der Waals surface area contributed by atoms with Crippen molar-refractivity contribution in [2.75, 3.05) is 7.11 Å². The number of ether oxygens (including phenoxy) is 2. The molecule has 6 nitrogen and oxygen atoms in total. The van der Waals surface area contributed by atoms with Gasteiger partial charge in [-0.15, -0.1) is 0 Å². The summed E-state index contributed by atoms with van der Waals surface area (Å²) in [5.74, 6) is -0.647. The van der Waals surface area contributed by atoms with Gasteiger partial charge in [0.15, 0.2) is 5.75 Å². The van der Waals surface area contributed by atoms with E-state index in [-0.39, 0.29) is 32.8 Å². The lowest BCUT2D eigenvalue weighted by Crippen LogP contribution is -2.11. The molecule has 0 fully saturated rings. The van der Waals surface area contributed by atoms with Gasteiger partial charge < -0.3 is 9.47 Å². The van der Waals surface area contributed by atoms with E-state index in [2.05, 4.69) is 0 Å². The summed E-state index contributed by atoms with van der Waals surface area (Å²) in [6, 6.07) is 8.16. The molecule has 0 spiro atoms. The zero-order valence-electron chi connectivity index (χ0n) is 11.2. The number of nitrogens with zero attached hydrogens (tertiary/aromatic N) is 1. The van der Waals surface area contributed by atoms with Crippen LogP contribution in [-0.2, 0) is 0 Å². The molecule has 2 aromatic rings. The molecule has 0 saturated heterocycles. The number of esters is 1. The molecule has 0 N–H and O–H groups in total. The van der Waals surface area contributed by atoms with Crippen LogP contribution >= 0.6 is 23.2 Å².